The summed E-state index contributed by atoms with van der Waals surface area (Å²) in [6, 6.07) is 5.69. The second kappa shape index (κ2) is 7.77. The van der Waals surface area contributed by atoms with Crippen LogP contribution in [0.3, 0.4) is 0 Å². The molecule has 138 valence electrons. The second-order valence-corrected chi connectivity index (χ2v) is 9.17. The molecule has 1 fully saturated rings. The second-order valence-electron chi connectivity index (χ2n) is 7.16. The largest absolute Gasteiger partial charge is 0.326 e. The normalized spacial score (nSPS) is 18.7. The molecule has 1 amide bonds. The molecule has 0 atom stereocenters. The van der Waals surface area contributed by atoms with E-state index in [1.165, 1.54) is 10.7 Å². The summed E-state index contributed by atoms with van der Waals surface area (Å²) in [5.74, 6) is 0.314. The molecule has 1 aliphatic carbocycles. The van der Waals surface area contributed by atoms with Crippen LogP contribution in [0.4, 0.5) is 11.4 Å². The molecular formula is C19H28N2O3S. The smallest absolute Gasteiger partial charge is 0.235 e. The Labute approximate surface area is 150 Å². The van der Waals surface area contributed by atoms with E-state index in [2.05, 4.69) is 5.32 Å². The van der Waals surface area contributed by atoms with Gasteiger partial charge in [0.05, 0.1) is 11.4 Å². The van der Waals surface area contributed by atoms with Crippen LogP contribution in [0.2, 0.25) is 0 Å². The fourth-order valence-corrected chi connectivity index (χ4v) is 5.50. The zero-order valence-electron chi connectivity index (χ0n) is 15.0. The van der Waals surface area contributed by atoms with Gasteiger partial charge in [-0.1, -0.05) is 32.3 Å². The van der Waals surface area contributed by atoms with Crippen LogP contribution in [0, 0.1) is 5.92 Å². The summed E-state index contributed by atoms with van der Waals surface area (Å²) >= 11 is 0. The van der Waals surface area contributed by atoms with Gasteiger partial charge in [0, 0.05) is 18.2 Å². The van der Waals surface area contributed by atoms with Crippen LogP contribution >= 0.6 is 0 Å². The molecule has 6 heteroatoms. The summed E-state index contributed by atoms with van der Waals surface area (Å²) in [7, 11) is -3.29. The zero-order chi connectivity index (χ0) is 17.9. The van der Waals surface area contributed by atoms with Crippen molar-refractivity contribution in [3.05, 3.63) is 23.8 Å². The summed E-state index contributed by atoms with van der Waals surface area (Å²) in [4.78, 5) is 12.5. The lowest BCUT2D eigenvalue weighted by Gasteiger charge is -2.31. The number of anilines is 2. The topological polar surface area (TPSA) is 66.5 Å². The van der Waals surface area contributed by atoms with Gasteiger partial charge in [-0.3, -0.25) is 9.10 Å². The highest BCUT2D eigenvalue weighted by Crippen LogP contribution is 2.33. The highest BCUT2D eigenvalue weighted by Gasteiger charge is 2.27. The van der Waals surface area contributed by atoms with Crippen LogP contribution in [0.1, 0.15) is 57.4 Å². The Hall–Kier alpha value is -1.56. The van der Waals surface area contributed by atoms with Crippen molar-refractivity contribution in [3.63, 3.8) is 0 Å². The molecule has 1 aliphatic heterocycles. The highest BCUT2D eigenvalue weighted by atomic mass is 32.2. The Kier molecular flexibility index (Phi) is 5.67. The molecule has 1 heterocycles. The number of hydrogen-bond acceptors (Lipinski definition) is 3. The fourth-order valence-electron chi connectivity index (χ4n) is 3.88. The van der Waals surface area contributed by atoms with E-state index < -0.39 is 10.0 Å². The quantitative estimate of drug-likeness (QED) is 0.866. The average molecular weight is 365 g/mol. The van der Waals surface area contributed by atoms with Gasteiger partial charge >= 0.3 is 0 Å². The van der Waals surface area contributed by atoms with Crippen LogP contribution in [0.5, 0.6) is 0 Å². The zero-order valence-corrected chi connectivity index (χ0v) is 15.8. The molecule has 5 nitrogen and oxygen atoms in total. The van der Waals surface area contributed by atoms with E-state index in [0.29, 0.717) is 18.7 Å². The van der Waals surface area contributed by atoms with Crippen molar-refractivity contribution >= 4 is 27.3 Å². The Morgan fingerprint density at radius 3 is 2.68 bits per heavy atom. The Bertz CT molecular complexity index is 724. The minimum absolute atomic E-state index is 0.0680. The number of aryl methyl sites for hydroxylation is 1. The number of amides is 1. The maximum absolute atomic E-state index is 12.6. The number of carbonyl (C=O) groups excluding carboxylic acids is 1. The minimum Gasteiger partial charge on any atom is -0.326 e. The molecule has 1 aromatic rings. The summed E-state index contributed by atoms with van der Waals surface area (Å²) in [5.41, 5.74) is 2.48. The maximum atomic E-state index is 12.6. The molecule has 1 saturated carbocycles. The van der Waals surface area contributed by atoms with E-state index in [-0.39, 0.29) is 17.6 Å². The third-order valence-corrected chi connectivity index (χ3v) is 7.18. The van der Waals surface area contributed by atoms with Gasteiger partial charge in [-0.05, 0) is 49.8 Å². The van der Waals surface area contributed by atoms with E-state index >= 15 is 0 Å². The molecule has 3 rings (SSSR count). The Morgan fingerprint density at radius 2 is 1.96 bits per heavy atom. The van der Waals surface area contributed by atoms with Gasteiger partial charge in [-0.2, -0.15) is 0 Å². The molecule has 2 aliphatic rings. The monoisotopic (exact) mass is 364 g/mol. The summed E-state index contributed by atoms with van der Waals surface area (Å²) in [5, 5.41) is 3.01. The number of hydrogen-bond donors (Lipinski definition) is 1. The van der Waals surface area contributed by atoms with Gasteiger partial charge in [0.25, 0.3) is 0 Å². The molecular weight excluding hydrogens is 336 g/mol. The predicted molar refractivity (Wildman–Crippen MR) is 101 cm³/mol. The van der Waals surface area contributed by atoms with Gasteiger partial charge in [0.15, 0.2) is 0 Å². The van der Waals surface area contributed by atoms with Gasteiger partial charge in [0.2, 0.25) is 15.9 Å². The fraction of sp³-hybridized carbons (Fsp3) is 0.632. The SMILES string of the molecule is CCCS(=O)(=O)N1CCCc2ccc(NC(=O)C3CCCCC3)cc21. The molecule has 25 heavy (non-hydrogen) atoms. The molecule has 0 bridgehead atoms. The van der Waals surface area contributed by atoms with Crippen molar-refractivity contribution < 1.29 is 13.2 Å². The summed E-state index contributed by atoms with van der Waals surface area (Å²) in [6.07, 6.45) is 7.67. The van der Waals surface area contributed by atoms with E-state index in [9.17, 15) is 13.2 Å². The summed E-state index contributed by atoms with van der Waals surface area (Å²) in [6.45, 7) is 2.40. The Morgan fingerprint density at radius 1 is 1.20 bits per heavy atom. The number of nitrogens with zero attached hydrogens (tertiary/aromatic N) is 1. The third kappa shape index (κ3) is 4.17. The van der Waals surface area contributed by atoms with Crippen molar-refractivity contribution in [2.24, 2.45) is 5.92 Å². The van der Waals surface area contributed by atoms with Crippen LogP contribution in [0.25, 0.3) is 0 Å². The van der Waals surface area contributed by atoms with E-state index in [4.69, 9.17) is 0 Å². The van der Waals surface area contributed by atoms with Crippen LogP contribution in [0.15, 0.2) is 18.2 Å². The first-order valence-electron chi connectivity index (χ1n) is 9.45. The third-order valence-electron chi connectivity index (χ3n) is 5.20. The van der Waals surface area contributed by atoms with Crippen molar-refractivity contribution in [1.29, 1.82) is 0 Å². The van der Waals surface area contributed by atoms with Gasteiger partial charge in [0.1, 0.15) is 0 Å². The number of nitrogens with one attached hydrogen (secondary N) is 1. The lowest BCUT2D eigenvalue weighted by molar-refractivity contribution is -0.120. The van der Waals surface area contributed by atoms with Crippen LogP contribution in [-0.4, -0.2) is 26.6 Å². The highest BCUT2D eigenvalue weighted by molar-refractivity contribution is 7.92. The number of sulfonamides is 1. The number of benzene rings is 1. The first-order valence-corrected chi connectivity index (χ1v) is 11.1. The predicted octanol–water partition coefficient (Wildman–Crippen LogP) is 3.70. The van der Waals surface area contributed by atoms with Gasteiger partial charge in [-0.15, -0.1) is 0 Å². The molecule has 0 saturated heterocycles. The molecule has 1 aromatic carbocycles. The first-order chi connectivity index (χ1) is 12.0. The lowest BCUT2D eigenvalue weighted by atomic mass is 9.88. The van der Waals surface area contributed by atoms with Crippen LogP contribution < -0.4 is 9.62 Å². The molecule has 0 aromatic heterocycles. The van der Waals surface area contributed by atoms with E-state index in [0.717, 1.165) is 49.8 Å². The van der Waals surface area contributed by atoms with E-state index in [1.807, 2.05) is 25.1 Å². The standard InChI is InChI=1S/C19H28N2O3S/c1-2-13-25(23,24)21-12-6-9-15-10-11-17(14-18(15)21)20-19(22)16-7-4-3-5-8-16/h10-11,14,16H,2-9,12-13H2,1H3,(H,20,22). The van der Waals surface area contributed by atoms with Crippen molar-refractivity contribution in [2.45, 2.75) is 58.3 Å². The molecule has 1 N–H and O–H groups in total. The first kappa shape index (κ1) is 18.2. The van der Waals surface area contributed by atoms with Crippen molar-refractivity contribution in [2.75, 3.05) is 21.9 Å². The average Bonchev–Trinajstić information content (AvgIpc) is 2.61. The summed E-state index contributed by atoms with van der Waals surface area (Å²) < 4.78 is 26.7. The molecule has 0 spiro atoms. The van der Waals surface area contributed by atoms with Crippen molar-refractivity contribution in [3.8, 4) is 0 Å². The number of carbonyl (C=O) groups is 1. The van der Waals surface area contributed by atoms with Gasteiger partial charge in [-0.25, -0.2) is 8.42 Å². The van der Waals surface area contributed by atoms with Crippen molar-refractivity contribution in [1.82, 2.24) is 0 Å². The van der Waals surface area contributed by atoms with E-state index in [1.54, 1.807) is 0 Å². The maximum Gasteiger partial charge on any atom is 0.235 e. The molecule has 0 radical (unpaired) electrons. The number of rotatable bonds is 5. The molecule has 0 unspecified atom stereocenters. The lowest BCUT2D eigenvalue weighted by Crippen LogP contribution is -2.37. The Balaban J connectivity index is 1.81. The van der Waals surface area contributed by atoms with Crippen LogP contribution in [-0.2, 0) is 21.2 Å². The minimum atomic E-state index is -3.29. The number of fused-ring (bicyclic) bond motifs is 1. The van der Waals surface area contributed by atoms with Gasteiger partial charge < -0.3 is 5.32 Å².